The molecular formula is C20H32N2O5. The quantitative estimate of drug-likeness (QED) is 0.513. The van der Waals surface area contributed by atoms with Gasteiger partial charge in [-0.3, -0.25) is 14.3 Å². The number of unbranched alkanes of at least 4 members (excludes halogenated alkanes) is 7. The zero-order chi connectivity index (χ0) is 19.5. The topological polar surface area (TPSA) is 93.6 Å². The van der Waals surface area contributed by atoms with Crippen molar-refractivity contribution in [2.45, 2.75) is 77.5 Å². The molecule has 1 aromatic rings. The second kappa shape index (κ2) is 11.8. The van der Waals surface area contributed by atoms with E-state index in [4.69, 9.17) is 14.6 Å². The van der Waals surface area contributed by atoms with Crippen LogP contribution in [-0.4, -0.2) is 27.9 Å². The first kappa shape index (κ1) is 21.4. The summed E-state index contributed by atoms with van der Waals surface area (Å²) in [5, 5.41) is 9.10. The van der Waals surface area contributed by atoms with Gasteiger partial charge in [-0.1, -0.05) is 51.9 Å². The van der Waals surface area contributed by atoms with Gasteiger partial charge in [-0.15, -0.1) is 0 Å². The number of ether oxygens (including phenoxy) is 2. The average Bonchev–Trinajstić information content (AvgIpc) is 3.13. The fraction of sp³-hybridized carbons (Fsp3) is 0.700. The van der Waals surface area contributed by atoms with Crippen LogP contribution in [0.1, 0.15) is 76.5 Å². The number of nitrogens with zero attached hydrogens (tertiary/aromatic N) is 1. The molecule has 2 rings (SSSR count). The molecule has 0 saturated carbocycles. The van der Waals surface area contributed by atoms with E-state index in [9.17, 15) is 9.59 Å². The standard InChI is InChI=1S/C20H32N2O5/c1-2-3-4-5-6-7-8-9-12-26-15-16-13-22(20(25)21-19(16)24)18-11-10-17(14-23)27-18/h10,13,18,23H,2-9,11-12,14-15H2,1H3,(H,21,24,25)/t18-/m1/s1. The summed E-state index contributed by atoms with van der Waals surface area (Å²) < 4.78 is 12.4. The molecule has 2 N–H and O–H groups in total. The smallest absolute Gasteiger partial charge is 0.331 e. The molecule has 0 spiro atoms. The van der Waals surface area contributed by atoms with E-state index in [1.54, 1.807) is 6.08 Å². The Hall–Kier alpha value is -1.86. The van der Waals surface area contributed by atoms with Gasteiger partial charge in [-0.2, -0.15) is 0 Å². The van der Waals surface area contributed by atoms with E-state index in [1.807, 2.05) is 0 Å². The van der Waals surface area contributed by atoms with Crippen molar-refractivity contribution in [3.05, 3.63) is 44.4 Å². The lowest BCUT2D eigenvalue weighted by Crippen LogP contribution is -2.34. The van der Waals surface area contributed by atoms with Crippen LogP contribution in [0.15, 0.2) is 27.6 Å². The molecule has 2 heterocycles. The Morgan fingerprint density at radius 2 is 1.89 bits per heavy atom. The maximum atomic E-state index is 12.0. The molecule has 0 aromatic carbocycles. The lowest BCUT2D eigenvalue weighted by molar-refractivity contribution is 0.0578. The molecule has 7 heteroatoms. The highest BCUT2D eigenvalue weighted by Gasteiger charge is 2.21. The van der Waals surface area contributed by atoms with E-state index in [-0.39, 0.29) is 13.2 Å². The van der Waals surface area contributed by atoms with E-state index in [0.717, 1.165) is 12.8 Å². The zero-order valence-corrected chi connectivity index (χ0v) is 16.2. The van der Waals surface area contributed by atoms with Gasteiger partial charge in [0.25, 0.3) is 5.56 Å². The zero-order valence-electron chi connectivity index (χ0n) is 16.2. The van der Waals surface area contributed by atoms with Crippen LogP contribution in [0.5, 0.6) is 0 Å². The van der Waals surface area contributed by atoms with E-state index in [2.05, 4.69) is 11.9 Å². The number of aliphatic hydroxyl groups excluding tert-OH is 1. The van der Waals surface area contributed by atoms with Crippen LogP contribution in [0.25, 0.3) is 0 Å². The Bertz CT molecular complexity index is 707. The first-order chi connectivity index (χ1) is 13.2. The largest absolute Gasteiger partial charge is 0.472 e. The number of aromatic amines is 1. The highest BCUT2D eigenvalue weighted by Crippen LogP contribution is 2.24. The summed E-state index contributed by atoms with van der Waals surface area (Å²) in [7, 11) is 0. The fourth-order valence-corrected chi connectivity index (χ4v) is 3.14. The van der Waals surface area contributed by atoms with Crippen LogP contribution in [0.4, 0.5) is 0 Å². The minimum atomic E-state index is -0.539. The van der Waals surface area contributed by atoms with Gasteiger partial charge in [-0.05, 0) is 12.5 Å². The maximum Gasteiger partial charge on any atom is 0.331 e. The van der Waals surface area contributed by atoms with Crippen molar-refractivity contribution in [2.75, 3.05) is 13.2 Å². The molecule has 152 valence electrons. The first-order valence-corrected chi connectivity index (χ1v) is 10.0. The van der Waals surface area contributed by atoms with E-state index >= 15 is 0 Å². The number of rotatable bonds is 13. The van der Waals surface area contributed by atoms with Crippen molar-refractivity contribution >= 4 is 0 Å². The van der Waals surface area contributed by atoms with Crippen molar-refractivity contribution in [2.24, 2.45) is 0 Å². The minimum Gasteiger partial charge on any atom is -0.472 e. The van der Waals surface area contributed by atoms with Gasteiger partial charge in [0.1, 0.15) is 12.4 Å². The third-order valence-electron chi connectivity index (χ3n) is 4.74. The number of hydrogen-bond acceptors (Lipinski definition) is 5. The summed E-state index contributed by atoms with van der Waals surface area (Å²) in [4.78, 5) is 26.3. The Balaban J connectivity index is 1.73. The molecule has 1 atom stereocenters. The normalized spacial score (nSPS) is 16.4. The predicted octanol–water partition coefficient (Wildman–Crippen LogP) is 2.99. The van der Waals surface area contributed by atoms with Crippen LogP contribution < -0.4 is 11.2 Å². The third-order valence-corrected chi connectivity index (χ3v) is 4.74. The number of H-pyrrole nitrogens is 1. The summed E-state index contributed by atoms with van der Waals surface area (Å²) in [5.41, 5.74) is -0.555. The molecule has 1 aromatic heterocycles. The Kier molecular flexibility index (Phi) is 9.35. The van der Waals surface area contributed by atoms with Crippen LogP contribution in [0.2, 0.25) is 0 Å². The van der Waals surface area contributed by atoms with E-state index < -0.39 is 17.5 Å². The van der Waals surface area contributed by atoms with Crippen LogP contribution in [-0.2, 0) is 16.1 Å². The molecule has 27 heavy (non-hydrogen) atoms. The molecule has 7 nitrogen and oxygen atoms in total. The van der Waals surface area contributed by atoms with Crippen molar-refractivity contribution < 1.29 is 14.6 Å². The van der Waals surface area contributed by atoms with Crippen molar-refractivity contribution in [1.29, 1.82) is 0 Å². The van der Waals surface area contributed by atoms with Gasteiger partial charge in [0.05, 0.1) is 12.2 Å². The Morgan fingerprint density at radius 1 is 1.19 bits per heavy atom. The van der Waals surface area contributed by atoms with Crippen molar-refractivity contribution in [3.8, 4) is 0 Å². The highest BCUT2D eigenvalue weighted by atomic mass is 16.5. The third kappa shape index (κ3) is 6.99. The van der Waals surface area contributed by atoms with Gasteiger partial charge in [0.2, 0.25) is 0 Å². The molecule has 0 fully saturated rings. The number of aromatic nitrogens is 2. The summed E-state index contributed by atoms with van der Waals surface area (Å²) >= 11 is 0. The van der Waals surface area contributed by atoms with Crippen molar-refractivity contribution in [1.82, 2.24) is 9.55 Å². The van der Waals surface area contributed by atoms with Gasteiger partial charge in [0.15, 0.2) is 6.23 Å². The molecule has 0 bridgehead atoms. The molecule has 0 amide bonds. The molecule has 0 radical (unpaired) electrons. The predicted molar refractivity (Wildman–Crippen MR) is 103 cm³/mol. The van der Waals surface area contributed by atoms with Gasteiger partial charge in [0, 0.05) is 19.2 Å². The van der Waals surface area contributed by atoms with Gasteiger partial charge < -0.3 is 14.6 Å². The molecular weight excluding hydrogens is 348 g/mol. The molecule has 1 aliphatic rings. The first-order valence-electron chi connectivity index (χ1n) is 10.0. The Morgan fingerprint density at radius 3 is 2.56 bits per heavy atom. The Labute approximate surface area is 160 Å². The van der Waals surface area contributed by atoms with Crippen LogP contribution in [0, 0.1) is 0 Å². The summed E-state index contributed by atoms with van der Waals surface area (Å²) in [6.45, 7) is 2.78. The highest BCUT2D eigenvalue weighted by molar-refractivity contribution is 5.06. The molecule has 0 unspecified atom stereocenters. The number of aliphatic hydroxyl groups is 1. The fourth-order valence-electron chi connectivity index (χ4n) is 3.14. The van der Waals surface area contributed by atoms with Crippen LogP contribution in [0.3, 0.4) is 0 Å². The van der Waals surface area contributed by atoms with Crippen LogP contribution >= 0.6 is 0 Å². The lowest BCUT2D eigenvalue weighted by atomic mass is 10.1. The molecule has 0 saturated heterocycles. The second-order valence-electron chi connectivity index (χ2n) is 6.99. The second-order valence-corrected chi connectivity index (χ2v) is 6.99. The molecule has 1 aliphatic heterocycles. The molecule has 0 aliphatic carbocycles. The van der Waals surface area contributed by atoms with E-state index in [0.29, 0.717) is 24.4 Å². The summed E-state index contributed by atoms with van der Waals surface area (Å²) in [6.07, 6.45) is 13.0. The number of hydrogen-bond donors (Lipinski definition) is 2. The summed E-state index contributed by atoms with van der Waals surface area (Å²) in [6, 6.07) is 0. The monoisotopic (exact) mass is 380 g/mol. The lowest BCUT2D eigenvalue weighted by Gasteiger charge is -2.16. The van der Waals surface area contributed by atoms with Gasteiger partial charge in [-0.25, -0.2) is 4.79 Å². The SMILES string of the molecule is CCCCCCCCCCOCc1cn([C@H]2CC=C(CO)O2)c(=O)[nH]c1=O. The number of nitrogens with one attached hydrogen (secondary N) is 1. The van der Waals surface area contributed by atoms with Gasteiger partial charge >= 0.3 is 5.69 Å². The van der Waals surface area contributed by atoms with Crippen molar-refractivity contribution in [3.63, 3.8) is 0 Å². The van der Waals surface area contributed by atoms with E-state index in [1.165, 1.54) is 49.3 Å². The minimum absolute atomic E-state index is 0.166. The summed E-state index contributed by atoms with van der Waals surface area (Å²) in [5.74, 6) is 0.436. The maximum absolute atomic E-state index is 12.0. The average molecular weight is 380 g/mol.